The molecular formula is C30H37N3O5. The van der Waals surface area contributed by atoms with E-state index in [4.69, 9.17) is 16.2 Å². The molecule has 6 N–H and O–H groups in total. The van der Waals surface area contributed by atoms with Crippen molar-refractivity contribution in [2.24, 2.45) is 17.4 Å². The van der Waals surface area contributed by atoms with Gasteiger partial charge in [-0.1, -0.05) is 91.0 Å². The van der Waals surface area contributed by atoms with Gasteiger partial charge in [-0.15, -0.1) is 0 Å². The molecule has 3 aromatic rings. The molecule has 202 valence electrons. The van der Waals surface area contributed by atoms with Gasteiger partial charge in [-0.05, 0) is 42.9 Å². The molecule has 1 unspecified atom stereocenters. The first-order valence-electron chi connectivity index (χ1n) is 12.6. The molecule has 0 saturated carbocycles. The normalized spacial score (nSPS) is 12.8. The minimum Gasteiger partial charge on any atom is -0.481 e. The highest BCUT2D eigenvalue weighted by Gasteiger charge is 2.21. The quantitative estimate of drug-likeness (QED) is 0.254. The van der Waals surface area contributed by atoms with Gasteiger partial charge >= 0.3 is 11.9 Å². The summed E-state index contributed by atoms with van der Waals surface area (Å²) >= 11 is 0. The minimum absolute atomic E-state index is 0.210. The van der Waals surface area contributed by atoms with Crippen molar-refractivity contribution in [1.82, 2.24) is 5.32 Å². The molecule has 3 rings (SSSR count). The third-order valence-electron chi connectivity index (χ3n) is 5.89. The Bertz CT molecular complexity index is 1110. The Hall–Kier alpha value is -4.01. The fourth-order valence-electron chi connectivity index (χ4n) is 3.52. The molecular weight excluding hydrogens is 482 g/mol. The van der Waals surface area contributed by atoms with Crippen LogP contribution in [-0.4, -0.2) is 41.6 Å². The van der Waals surface area contributed by atoms with Crippen LogP contribution in [0.25, 0.3) is 0 Å². The van der Waals surface area contributed by atoms with Gasteiger partial charge in [0.25, 0.3) is 0 Å². The van der Waals surface area contributed by atoms with Gasteiger partial charge in [0.05, 0.1) is 12.0 Å². The summed E-state index contributed by atoms with van der Waals surface area (Å²) in [7, 11) is 0. The summed E-state index contributed by atoms with van der Waals surface area (Å²) in [5.74, 6) is -2.27. The first-order chi connectivity index (χ1) is 18.3. The fraction of sp³-hybridized carbons (Fsp3) is 0.300. The minimum atomic E-state index is -0.863. The lowest BCUT2D eigenvalue weighted by molar-refractivity contribution is -0.148. The number of aliphatic carboxylic acids is 1. The molecule has 0 aliphatic heterocycles. The number of hydrogen-bond donors (Lipinski definition) is 4. The lowest BCUT2D eigenvalue weighted by atomic mass is 9.99. The molecule has 8 nitrogen and oxygen atoms in total. The van der Waals surface area contributed by atoms with Gasteiger partial charge in [0, 0.05) is 6.54 Å². The highest BCUT2D eigenvalue weighted by atomic mass is 16.5. The van der Waals surface area contributed by atoms with E-state index >= 15 is 0 Å². The van der Waals surface area contributed by atoms with Crippen LogP contribution >= 0.6 is 0 Å². The Kier molecular flexibility index (Phi) is 13.3. The lowest BCUT2D eigenvalue weighted by Gasteiger charge is -2.17. The average Bonchev–Trinajstić information content (AvgIpc) is 2.93. The molecule has 1 amide bonds. The molecule has 0 fully saturated rings. The van der Waals surface area contributed by atoms with E-state index in [0.717, 1.165) is 16.7 Å². The maximum Gasteiger partial charge on any atom is 0.323 e. The number of carboxylic acid groups (broad SMARTS) is 1. The number of amides is 1. The molecule has 0 saturated heterocycles. The fourth-order valence-corrected chi connectivity index (χ4v) is 3.52. The van der Waals surface area contributed by atoms with Gasteiger partial charge in [0.1, 0.15) is 12.6 Å². The lowest BCUT2D eigenvalue weighted by Crippen LogP contribution is -2.40. The van der Waals surface area contributed by atoms with E-state index in [9.17, 15) is 19.5 Å². The number of carbonyl (C=O) groups excluding carboxylic acids is 2. The third kappa shape index (κ3) is 11.8. The van der Waals surface area contributed by atoms with Gasteiger partial charge in [0.2, 0.25) is 5.91 Å². The molecule has 8 heteroatoms. The maximum atomic E-state index is 12.0. The molecule has 0 radical (unpaired) electrons. The molecule has 0 aromatic heterocycles. The van der Waals surface area contributed by atoms with Gasteiger partial charge in [-0.25, -0.2) is 0 Å². The first kappa shape index (κ1) is 30.2. The first-order valence-corrected chi connectivity index (χ1v) is 12.6. The monoisotopic (exact) mass is 519 g/mol. The molecule has 0 bridgehead atoms. The number of benzene rings is 3. The second-order valence-electron chi connectivity index (χ2n) is 8.98. The number of carbonyl (C=O) groups is 3. The van der Waals surface area contributed by atoms with Crippen LogP contribution < -0.4 is 16.8 Å². The van der Waals surface area contributed by atoms with Gasteiger partial charge < -0.3 is 26.6 Å². The second kappa shape index (κ2) is 16.7. The summed E-state index contributed by atoms with van der Waals surface area (Å²) in [4.78, 5) is 34.1. The Morgan fingerprint density at radius 1 is 0.842 bits per heavy atom. The van der Waals surface area contributed by atoms with Crippen molar-refractivity contribution in [1.29, 1.82) is 0 Å². The van der Waals surface area contributed by atoms with Crippen molar-refractivity contribution in [2.45, 2.75) is 44.9 Å². The topological polar surface area (TPSA) is 145 Å². The summed E-state index contributed by atoms with van der Waals surface area (Å²) < 4.78 is 5.26. The van der Waals surface area contributed by atoms with Crippen LogP contribution in [0.1, 0.15) is 30.0 Å². The zero-order valence-electron chi connectivity index (χ0n) is 21.7. The van der Waals surface area contributed by atoms with Gasteiger partial charge in [-0.2, -0.15) is 0 Å². The second-order valence-corrected chi connectivity index (χ2v) is 8.98. The summed E-state index contributed by atoms with van der Waals surface area (Å²) in [5, 5.41) is 12.4. The molecule has 38 heavy (non-hydrogen) atoms. The van der Waals surface area contributed by atoms with Crippen molar-refractivity contribution in [3.8, 4) is 0 Å². The summed E-state index contributed by atoms with van der Waals surface area (Å²) in [6.45, 7) is 2.12. The number of esters is 1. The number of nitrogens with one attached hydrogen (secondary N) is 1. The van der Waals surface area contributed by atoms with Crippen LogP contribution in [0.3, 0.4) is 0 Å². The van der Waals surface area contributed by atoms with Crippen molar-refractivity contribution in [3.63, 3.8) is 0 Å². The number of nitrogens with two attached hydrogens (primary N) is 2. The number of hydrogen-bond acceptors (Lipinski definition) is 6. The van der Waals surface area contributed by atoms with E-state index in [1.165, 1.54) is 0 Å². The van der Waals surface area contributed by atoms with E-state index in [0.29, 0.717) is 19.3 Å². The number of primary amides is 1. The Morgan fingerprint density at radius 3 is 1.84 bits per heavy atom. The van der Waals surface area contributed by atoms with E-state index in [2.05, 4.69) is 5.32 Å². The largest absolute Gasteiger partial charge is 0.481 e. The Labute approximate surface area is 224 Å². The van der Waals surface area contributed by atoms with Crippen molar-refractivity contribution >= 4 is 17.8 Å². The molecule has 0 aliphatic carbocycles. The van der Waals surface area contributed by atoms with Gasteiger partial charge in [0.15, 0.2) is 0 Å². The third-order valence-corrected chi connectivity index (χ3v) is 5.89. The zero-order chi connectivity index (χ0) is 27.8. The van der Waals surface area contributed by atoms with Crippen LogP contribution in [0.2, 0.25) is 0 Å². The smallest absolute Gasteiger partial charge is 0.323 e. The Morgan fingerprint density at radius 2 is 1.34 bits per heavy atom. The van der Waals surface area contributed by atoms with E-state index < -0.39 is 29.9 Å². The SMILES string of the molecule is CC(NC[C@@H](CCc1ccccc1)C(=O)O)C(=O)OCc1ccccc1.NC(=O)[C@@H](N)Cc1ccccc1. The van der Waals surface area contributed by atoms with Crippen LogP contribution in [0.15, 0.2) is 91.0 Å². The summed E-state index contributed by atoms with van der Waals surface area (Å²) in [6, 6.07) is 27.6. The van der Waals surface area contributed by atoms with Crippen LogP contribution in [-0.2, 0) is 38.6 Å². The number of rotatable bonds is 13. The highest BCUT2D eigenvalue weighted by molar-refractivity contribution is 5.79. The van der Waals surface area contributed by atoms with Crippen LogP contribution in [0.4, 0.5) is 0 Å². The Balaban J connectivity index is 0.000000352. The van der Waals surface area contributed by atoms with Crippen LogP contribution in [0.5, 0.6) is 0 Å². The molecule has 0 heterocycles. The van der Waals surface area contributed by atoms with E-state index in [1.807, 2.05) is 91.0 Å². The maximum absolute atomic E-state index is 12.0. The summed E-state index contributed by atoms with van der Waals surface area (Å²) in [5.41, 5.74) is 13.5. The molecule has 3 atom stereocenters. The molecule has 0 spiro atoms. The highest BCUT2D eigenvalue weighted by Crippen LogP contribution is 2.10. The van der Waals surface area contributed by atoms with Crippen molar-refractivity contribution < 1.29 is 24.2 Å². The molecule has 3 aromatic carbocycles. The van der Waals surface area contributed by atoms with Gasteiger partial charge in [-0.3, -0.25) is 14.4 Å². The van der Waals surface area contributed by atoms with Crippen molar-refractivity contribution in [2.75, 3.05) is 6.54 Å². The predicted molar refractivity (Wildman–Crippen MR) is 147 cm³/mol. The zero-order valence-corrected chi connectivity index (χ0v) is 21.7. The predicted octanol–water partition coefficient (Wildman–Crippen LogP) is 3.08. The average molecular weight is 520 g/mol. The number of carboxylic acids is 1. The number of aryl methyl sites for hydroxylation is 1. The number of ether oxygens (including phenoxy) is 1. The van der Waals surface area contributed by atoms with Crippen LogP contribution in [0, 0.1) is 5.92 Å². The molecule has 0 aliphatic rings. The van der Waals surface area contributed by atoms with E-state index in [1.54, 1.807) is 6.92 Å². The van der Waals surface area contributed by atoms with E-state index in [-0.39, 0.29) is 19.1 Å². The summed E-state index contributed by atoms with van der Waals surface area (Å²) in [6.07, 6.45) is 1.71. The standard InChI is InChI=1S/C21H25NO4.C9H12N2O/c1-16(21(25)26-15-18-10-6-3-7-11-18)22-14-19(20(23)24)13-12-17-8-4-2-5-9-17;10-8(9(11)12)6-7-4-2-1-3-5-7/h2-11,16,19,22H,12-15H2,1H3,(H,23,24);1-5,8H,6,10H2,(H2,11,12)/t16?,19-;8-/m10/s1. The van der Waals surface area contributed by atoms with Crippen molar-refractivity contribution in [3.05, 3.63) is 108 Å².